The number of aromatic nitrogens is 4. The molecule has 2 aromatic heterocycles. The Balaban J connectivity index is 1.28. The van der Waals surface area contributed by atoms with Crippen molar-refractivity contribution in [2.45, 2.75) is 50.2 Å². The highest BCUT2D eigenvalue weighted by molar-refractivity contribution is 5.99. The Hall–Kier alpha value is -3.99. The molecule has 6 rings (SSSR count). The topological polar surface area (TPSA) is 146 Å². The van der Waals surface area contributed by atoms with Crippen molar-refractivity contribution in [2.24, 2.45) is 11.7 Å². The zero-order valence-corrected chi connectivity index (χ0v) is 20.6. The van der Waals surface area contributed by atoms with Crippen LogP contribution in [0.3, 0.4) is 0 Å². The third-order valence-electron chi connectivity index (χ3n) is 7.28. The second-order valence-electron chi connectivity index (χ2n) is 10.0. The minimum absolute atomic E-state index is 0.00247. The van der Waals surface area contributed by atoms with Crippen LogP contribution >= 0.6 is 0 Å². The molecule has 37 heavy (non-hydrogen) atoms. The first-order chi connectivity index (χ1) is 17.9. The molecule has 1 saturated heterocycles. The minimum Gasteiger partial charge on any atom is -0.494 e. The van der Waals surface area contributed by atoms with Gasteiger partial charge in [-0.3, -0.25) is 14.3 Å². The molecule has 1 aliphatic heterocycles. The number of hydrogen-bond donors (Lipinski definition) is 3. The van der Waals surface area contributed by atoms with E-state index >= 15 is 0 Å². The van der Waals surface area contributed by atoms with Crippen LogP contribution in [-0.2, 0) is 9.53 Å². The van der Waals surface area contributed by atoms with E-state index in [0.29, 0.717) is 23.2 Å². The lowest BCUT2D eigenvalue weighted by Gasteiger charge is -2.29. The molecule has 3 aliphatic rings. The molecule has 2 saturated carbocycles. The normalized spacial score (nSPS) is 19.9. The second kappa shape index (κ2) is 9.15. The van der Waals surface area contributed by atoms with Gasteiger partial charge in [-0.1, -0.05) is 12.1 Å². The molecule has 11 nitrogen and oxygen atoms in total. The molecule has 0 bridgehead atoms. The molecule has 3 heterocycles. The first-order valence-corrected chi connectivity index (χ1v) is 12.6. The van der Waals surface area contributed by atoms with Crippen LogP contribution < -0.4 is 21.1 Å². The first kappa shape index (κ1) is 23.4. The number of nitrogens with zero attached hydrogens (tertiary/aromatic N) is 4. The highest BCUT2D eigenvalue weighted by Gasteiger charge is 2.48. The van der Waals surface area contributed by atoms with E-state index < -0.39 is 5.91 Å². The van der Waals surface area contributed by atoms with Crippen LogP contribution in [0.5, 0.6) is 5.75 Å². The minimum atomic E-state index is -0.739. The van der Waals surface area contributed by atoms with Crippen LogP contribution in [0.1, 0.15) is 55.1 Å². The smallest absolute Gasteiger partial charge is 0.271 e. The van der Waals surface area contributed by atoms with Gasteiger partial charge in [0.25, 0.3) is 5.91 Å². The molecule has 0 radical (unpaired) electrons. The van der Waals surface area contributed by atoms with Crippen molar-refractivity contribution in [2.75, 3.05) is 24.4 Å². The number of hydrogen-bond acceptors (Lipinski definition) is 8. The highest BCUT2D eigenvalue weighted by Crippen LogP contribution is 2.49. The van der Waals surface area contributed by atoms with Gasteiger partial charge in [-0.05, 0) is 44.6 Å². The van der Waals surface area contributed by atoms with Gasteiger partial charge in [0.05, 0.1) is 36.3 Å². The van der Waals surface area contributed by atoms with Gasteiger partial charge in [0.15, 0.2) is 11.5 Å². The van der Waals surface area contributed by atoms with E-state index in [-0.39, 0.29) is 28.9 Å². The van der Waals surface area contributed by atoms with Crippen molar-refractivity contribution in [1.82, 2.24) is 20.0 Å². The Labute approximate surface area is 213 Å². The van der Waals surface area contributed by atoms with Crippen LogP contribution in [0.2, 0.25) is 0 Å². The molecule has 2 amide bonds. The number of benzene rings is 1. The average molecular weight is 504 g/mol. The number of primary amides is 1. The van der Waals surface area contributed by atoms with Gasteiger partial charge in [0, 0.05) is 35.9 Å². The molecule has 1 atom stereocenters. The van der Waals surface area contributed by atoms with E-state index in [2.05, 4.69) is 25.9 Å². The van der Waals surface area contributed by atoms with Gasteiger partial charge in [-0.15, -0.1) is 10.2 Å². The lowest BCUT2D eigenvalue weighted by Crippen LogP contribution is -2.29. The third kappa shape index (κ3) is 4.74. The van der Waals surface area contributed by atoms with Crippen molar-refractivity contribution in [1.29, 1.82) is 0 Å². The highest BCUT2D eigenvalue weighted by atomic mass is 16.5. The van der Waals surface area contributed by atoms with E-state index in [1.165, 1.54) is 0 Å². The summed E-state index contributed by atoms with van der Waals surface area (Å²) < 4.78 is 13.8. The molecule has 1 spiro atoms. The third-order valence-corrected chi connectivity index (χ3v) is 7.28. The molecule has 4 N–H and O–H groups in total. The fraction of sp³-hybridized carbons (Fsp3) is 0.423. The molecule has 3 fully saturated rings. The number of ether oxygens (including phenoxy) is 2. The Morgan fingerprint density at radius 1 is 1.19 bits per heavy atom. The number of methoxy groups -OCH3 is 1. The average Bonchev–Trinajstić information content (AvgIpc) is 3.82. The first-order valence-electron chi connectivity index (χ1n) is 12.6. The van der Waals surface area contributed by atoms with Crippen molar-refractivity contribution in [3.05, 3.63) is 42.4 Å². The van der Waals surface area contributed by atoms with E-state index in [9.17, 15) is 9.59 Å². The SMILES string of the molecule is COc1c(Nc2cc(NC(=O)C3CC3)nnc2C(N)=O)cccc1-c1cnn(C2CCOC3(CC3)C2)c1. The summed E-state index contributed by atoms with van der Waals surface area (Å²) in [7, 11) is 1.59. The maximum absolute atomic E-state index is 12.2. The molecular weight excluding hydrogens is 474 g/mol. The number of carbonyl (C=O) groups is 2. The molecule has 1 aromatic carbocycles. The van der Waals surface area contributed by atoms with Gasteiger partial charge < -0.3 is 25.8 Å². The maximum Gasteiger partial charge on any atom is 0.271 e. The lowest BCUT2D eigenvalue weighted by molar-refractivity contribution is -0.117. The summed E-state index contributed by atoms with van der Waals surface area (Å²) in [5, 5.41) is 18.5. The largest absolute Gasteiger partial charge is 0.494 e. The van der Waals surface area contributed by atoms with E-state index in [1.807, 2.05) is 35.3 Å². The monoisotopic (exact) mass is 503 g/mol. The second-order valence-corrected chi connectivity index (χ2v) is 10.0. The molecule has 192 valence electrons. The van der Waals surface area contributed by atoms with Gasteiger partial charge in [-0.25, -0.2) is 0 Å². The van der Waals surface area contributed by atoms with Gasteiger partial charge >= 0.3 is 0 Å². The van der Waals surface area contributed by atoms with E-state index in [4.69, 9.17) is 15.2 Å². The zero-order valence-electron chi connectivity index (χ0n) is 20.6. The molecular formula is C26H29N7O4. The van der Waals surface area contributed by atoms with Crippen LogP contribution in [0.25, 0.3) is 11.1 Å². The Morgan fingerprint density at radius 3 is 2.76 bits per heavy atom. The van der Waals surface area contributed by atoms with E-state index in [1.54, 1.807) is 13.2 Å². The summed E-state index contributed by atoms with van der Waals surface area (Å²) in [5.74, 6) is -0.0333. The number of anilines is 3. The fourth-order valence-corrected chi connectivity index (χ4v) is 4.92. The summed E-state index contributed by atoms with van der Waals surface area (Å²) >= 11 is 0. The Bertz CT molecular complexity index is 1360. The molecule has 2 aliphatic carbocycles. The quantitative estimate of drug-likeness (QED) is 0.424. The fourth-order valence-electron chi connectivity index (χ4n) is 4.92. The van der Waals surface area contributed by atoms with Crippen LogP contribution in [-0.4, -0.2) is 51.1 Å². The number of rotatable bonds is 8. The lowest BCUT2D eigenvalue weighted by atomic mass is 10.0. The van der Waals surface area contributed by atoms with Crippen molar-refractivity contribution < 1.29 is 19.1 Å². The number of nitrogens with one attached hydrogen (secondary N) is 2. The van der Waals surface area contributed by atoms with Gasteiger partial charge in [-0.2, -0.15) is 5.10 Å². The summed E-state index contributed by atoms with van der Waals surface area (Å²) in [6, 6.07) is 7.53. The molecule has 11 heteroatoms. The predicted octanol–water partition coefficient (Wildman–Crippen LogP) is 3.42. The summed E-state index contributed by atoms with van der Waals surface area (Å²) in [5.41, 5.74) is 8.24. The predicted molar refractivity (Wildman–Crippen MR) is 136 cm³/mol. The number of nitrogens with two attached hydrogens (primary N) is 1. The van der Waals surface area contributed by atoms with Crippen molar-refractivity contribution in [3.8, 4) is 16.9 Å². The summed E-state index contributed by atoms with van der Waals surface area (Å²) in [4.78, 5) is 24.2. The maximum atomic E-state index is 12.2. The van der Waals surface area contributed by atoms with Crippen molar-refractivity contribution >= 4 is 29.0 Å². The zero-order chi connectivity index (χ0) is 25.6. The van der Waals surface area contributed by atoms with Crippen LogP contribution in [0.15, 0.2) is 36.7 Å². The summed E-state index contributed by atoms with van der Waals surface area (Å²) in [6.07, 6.45) is 9.78. The number of amides is 2. The van der Waals surface area contributed by atoms with Gasteiger partial charge in [0.2, 0.25) is 5.91 Å². The van der Waals surface area contributed by atoms with Crippen LogP contribution in [0, 0.1) is 5.92 Å². The Morgan fingerprint density at radius 2 is 2.03 bits per heavy atom. The number of carbonyl (C=O) groups excluding carboxylic acids is 2. The Kier molecular flexibility index (Phi) is 5.79. The van der Waals surface area contributed by atoms with Crippen molar-refractivity contribution in [3.63, 3.8) is 0 Å². The standard InChI is InChI=1S/C26H29N7O4/c1-36-23-18(16-13-28-33(14-16)17-7-10-37-26(12-17)8-9-26)3-2-4-19(23)29-20-11-21(30-25(35)15-5-6-15)31-32-22(20)24(27)34/h2-4,11,13-15,17H,5-10,12H2,1H3,(H2,27,34)(H2,29,30,31,35). The summed E-state index contributed by atoms with van der Waals surface area (Å²) in [6.45, 7) is 0.758. The van der Waals surface area contributed by atoms with E-state index in [0.717, 1.165) is 56.3 Å². The van der Waals surface area contributed by atoms with Gasteiger partial charge in [0.1, 0.15) is 5.75 Å². The molecule has 1 unspecified atom stereocenters. The number of para-hydroxylation sites is 1. The molecule has 3 aromatic rings. The van der Waals surface area contributed by atoms with Crippen LogP contribution in [0.4, 0.5) is 17.2 Å².